The van der Waals surface area contributed by atoms with Crippen molar-refractivity contribution in [2.75, 3.05) is 27.3 Å². The zero-order chi connectivity index (χ0) is 19.2. The number of carbonyl (C=O) groups is 1. The van der Waals surface area contributed by atoms with Crippen LogP contribution in [0.25, 0.3) is 0 Å². The highest BCUT2D eigenvalue weighted by Gasteiger charge is 2.29. The first-order valence-corrected chi connectivity index (χ1v) is 9.08. The first kappa shape index (κ1) is 19.0. The van der Waals surface area contributed by atoms with Crippen LogP contribution in [0.4, 0.5) is 4.79 Å². The van der Waals surface area contributed by atoms with Crippen LogP contribution in [0.3, 0.4) is 0 Å². The van der Waals surface area contributed by atoms with Crippen LogP contribution in [0.5, 0.6) is 11.5 Å². The summed E-state index contributed by atoms with van der Waals surface area (Å²) in [6.45, 7) is 1.85. The van der Waals surface area contributed by atoms with Crippen molar-refractivity contribution in [3.8, 4) is 11.5 Å². The van der Waals surface area contributed by atoms with E-state index < -0.39 is 0 Å². The lowest BCUT2D eigenvalue weighted by Crippen LogP contribution is -2.37. The SMILES string of the molecule is COc1ccc(OC)c(C2CCN(C(=O)NCc3ccc(CO)cc3)C2)c1. The molecule has 6 heteroatoms. The smallest absolute Gasteiger partial charge is 0.317 e. The van der Waals surface area contributed by atoms with Crippen LogP contribution < -0.4 is 14.8 Å². The monoisotopic (exact) mass is 370 g/mol. The van der Waals surface area contributed by atoms with Gasteiger partial charge in [-0.1, -0.05) is 24.3 Å². The van der Waals surface area contributed by atoms with Crippen LogP contribution in [0.1, 0.15) is 29.0 Å². The standard InChI is InChI=1S/C21H26N2O4/c1-26-18-7-8-20(27-2)19(11-18)17-9-10-23(13-17)21(25)22-12-15-3-5-16(14-24)6-4-15/h3-8,11,17,24H,9-10,12-14H2,1-2H3,(H,22,25). The van der Waals surface area contributed by atoms with E-state index in [-0.39, 0.29) is 18.6 Å². The number of nitrogens with zero attached hydrogens (tertiary/aromatic N) is 1. The molecular formula is C21H26N2O4. The third-order valence-corrected chi connectivity index (χ3v) is 5.00. The highest BCUT2D eigenvalue weighted by Crippen LogP contribution is 2.35. The van der Waals surface area contributed by atoms with Gasteiger partial charge in [0.25, 0.3) is 0 Å². The summed E-state index contributed by atoms with van der Waals surface area (Å²) in [6.07, 6.45) is 0.891. The Morgan fingerprint density at radius 3 is 2.56 bits per heavy atom. The number of carbonyl (C=O) groups excluding carboxylic acids is 1. The highest BCUT2D eigenvalue weighted by atomic mass is 16.5. The molecule has 144 valence electrons. The van der Waals surface area contributed by atoms with Gasteiger partial charge in [-0.3, -0.25) is 0 Å². The van der Waals surface area contributed by atoms with Crippen LogP contribution in [0.15, 0.2) is 42.5 Å². The molecule has 2 aromatic rings. The molecule has 1 saturated heterocycles. The van der Waals surface area contributed by atoms with E-state index in [9.17, 15) is 4.79 Å². The average molecular weight is 370 g/mol. The van der Waals surface area contributed by atoms with E-state index >= 15 is 0 Å². The molecule has 1 heterocycles. The summed E-state index contributed by atoms with van der Waals surface area (Å²) in [5.41, 5.74) is 2.94. The Kier molecular flexibility index (Phi) is 6.19. The van der Waals surface area contributed by atoms with Crippen LogP contribution in [-0.2, 0) is 13.2 Å². The number of amides is 2. The van der Waals surface area contributed by atoms with Crippen molar-refractivity contribution in [1.29, 1.82) is 0 Å². The van der Waals surface area contributed by atoms with Gasteiger partial charge in [0.1, 0.15) is 11.5 Å². The minimum absolute atomic E-state index is 0.0234. The first-order valence-electron chi connectivity index (χ1n) is 9.08. The molecule has 2 N–H and O–H groups in total. The highest BCUT2D eigenvalue weighted by molar-refractivity contribution is 5.74. The maximum Gasteiger partial charge on any atom is 0.317 e. The first-order chi connectivity index (χ1) is 13.1. The molecule has 0 bridgehead atoms. The van der Waals surface area contributed by atoms with Gasteiger partial charge in [0, 0.05) is 31.1 Å². The molecule has 0 aliphatic carbocycles. The predicted octanol–water partition coefficient (Wildman–Crippen LogP) is 2.90. The topological polar surface area (TPSA) is 71.0 Å². The number of methoxy groups -OCH3 is 2. The fraction of sp³-hybridized carbons (Fsp3) is 0.381. The van der Waals surface area contributed by atoms with Crippen molar-refractivity contribution in [3.63, 3.8) is 0 Å². The number of benzene rings is 2. The van der Waals surface area contributed by atoms with Crippen LogP contribution in [0, 0.1) is 0 Å². The zero-order valence-electron chi connectivity index (χ0n) is 15.8. The summed E-state index contributed by atoms with van der Waals surface area (Å²) >= 11 is 0. The minimum Gasteiger partial charge on any atom is -0.497 e. The second-order valence-corrected chi connectivity index (χ2v) is 6.67. The van der Waals surface area contributed by atoms with Gasteiger partial charge in [-0.25, -0.2) is 4.79 Å². The van der Waals surface area contributed by atoms with Crippen LogP contribution >= 0.6 is 0 Å². The van der Waals surface area contributed by atoms with Crippen LogP contribution in [-0.4, -0.2) is 43.3 Å². The third-order valence-electron chi connectivity index (χ3n) is 5.00. The lowest BCUT2D eigenvalue weighted by atomic mass is 9.97. The molecule has 1 aliphatic rings. The number of hydrogen-bond donors (Lipinski definition) is 2. The Morgan fingerprint density at radius 1 is 1.15 bits per heavy atom. The Hall–Kier alpha value is -2.73. The second kappa shape index (κ2) is 8.77. The van der Waals surface area contributed by atoms with E-state index in [1.807, 2.05) is 47.4 Å². The van der Waals surface area contributed by atoms with Crippen molar-refractivity contribution >= 4 is 6.03 Å². The fourth-order valence-corrected chi connectivity index (χ4v) is 3.41. The molecule has 1 atom stereocenters. The predicted molar refractivity (Wildman–Crippen MR) is 103 cm³/mol. The Labute approximate surface area is 159 Å². The lowest BCUT2D eigenvalue weighted by Gasteiger charge is -2.19. The third kappa shape index (κ3) is 4.52. The summed E-state index contributed by atoms with van der Waals surface area (Å²) in [5, 5.41) is 12.1. The second-order valence-electron chi connectivity index (χ2n) is 6.67. The number of urea groups is 1. The molecule has 0 spiro atoms. The fourth-order valence-electron chi connectivity index (χ4n) is 3.41. The number of rotatable bonds is 6. The number of ether oxygens (including phenoxy) is 2. The number of aliphatic hydroxyl groups excluding tert-OH is 1. The Morgan fingerprint density at radius 2 is 1.89 bits per heavy atom. The van der Waals surface area contributed by atoms with Gasteiger partial charge in [-0.2, -0.15) is 0 Å². The molecule has 1 fully saturated rings. The number of hydrogen-bond acceptors (Lipinski definition) is 4. The number of nitrogens with one attached hydrogen (secondary N) is 1. The van der Waals surface area contributed by atoms with Crippen molar-refractivity contribution in [2.24, 2.45) is 0 Å². The average Bonchev–Trinajstić information content (AvgIpc) is 3.22. The van der Waals surface area contributed by atoms with E-state index in [1.165, 1.54) is 0 Å². The molecular weight excluding hydrogens is 344 g/mol. The summed E-state index contributed by atoms with van der Waals surface area (Å²) in [7, 11) is 3.31. The molecule has 3 rings (SSSR count). The molecule has 6 nitrogen and oxygen atoms in total. The molecule has 2 amide bonds. The van der Waals surface area contributed by atoms with Crippen molar-refractivity contribution in [1.82, 2.24) is 10.2 Å². The largest absolute Gasteiger partial charge is 0.497 e. The summed E-state index contributed by atoms with van der Waals surface area (Å²) in [5.74, 6) is 1.84. The van der Waals surface area contributed by atoms with E-state index in [2.05, 4.69) is 5.32 Å². The molecule has 0 saturated carbocycles. The van der Waals surface area contributed by atoms with Gasteiger partial charge in [0.05, 0.1) is 20.8 Å². The van der Waals surface area contributed by atoms with Gasteiger partial charge in [0.15, 0.2) is 0 Å². The van der Waals surface area contributed by atoms with Crippen LogP contribution in [0.2, 0.25) is 0 Å². The van der Waals surface area contributed by atoms with Gasteiger partial charge in [-0.15, -0.1) is 0 Å². The maximum atomic E-state index is 12.5. The van der Waals surface area contributed by atoms with E-state index in [0.29, 0.717) is 19.6 Å². The summed E-state index contributed by atoms with van der Waals surface area (Å²) < 4.78 is 10.8. The minimum atomic E-state index is -0.0643. The van der Waals surface area contributed by atoms with Crippen molar-refractivity contribution in [2.45, 2.75) is 25.5 Å². The van der Waals surface area contributed by atoms with E-state index in [0.717, 1.165) is 34.6 Å². The van der Waals surface area contributed by atoms with Gasteiger partial charge in [-0.05, 0) is 35.7 Å². The van der Waals surface area contributed by atoms with Crippen molar-refractivity contribution in [3.05, 3.63) is 59.2 Å². The number of aliphatic hydroxyl groups is 1. The van der Waals surface area contributed by atoms with Gasteiger partial charge >= 0.3 is 6.03 Å². The Balaban J connectivity index is 1.59. The van der Waals surface area contributed by atoms with Gasteiger partial charge in [0.2, 0.25) is 0 Å². The molecule has 0 aromatic heterocycles. The Bertz CT molecular complexity index is 776. The normalized spacial score (nSPS) is 16.3. The lowest BCUT2D eigenvalue weighted by molar-refractivity contribution is 0.207. The molecule has 1 aliphatic heterocycles. The summed E-state index contributed by atoms with van der Waals surface area (Å²) in [4.78, 5) is 14.4. The number of likely N-dealkylation sites (tertiary alicyclic amines) is 1. The molecule has 0 radical (unpaired) electrons. The molecule has 2 aromatic carbocycles. The molecule has 1 unspecified atom stereocenters. The molecule has 27 heavy (non-hydrogen) atoms. The van der Waals surface area contributed by atoms with E-state index in [4.69, 9.17) is 14.6 Å². The van der Waals surface area contributed by atoms with E-state index in [1.54, 1.807) is 14.2 Å². The quantitative estimate of drug-likeness (QED) is 0.820. The maximum absolute atomic E-state index is 12.5. The van der Waals surface area contributed by atoms with Crippen molar-refractivity contribution < 1.29 is 19.4 Å². The summed E-state index contributed by atoms with van der Waals surface area (Å²) in [6, 6.07) is 13.3. The zero-order valence-corrected chi connectivity index (χ0v) is 15.8. The van der Waals surface area contributed by atoms with Gasteiger partial charge < -0.3 is 24.8 Å².